The van der Waals surface area contributed by atoms with Crippen LogP contribution in [0.4, 0.5) is 5.69 Å². The molecule has 0 amide bonds. The van der Waals surface area contributed by atoms with Gasteiger partial charge in [-0.15, -0.1) is 0 Å². The van der Waals surface area contributed by atoms with Crippen LogP contribution in [0.1, 0.15) is 40.2 Å². The molecular weight excluding hydrogens is 582 g/mol. The fourth-order valence-corrected chi connectivity index (χ4v) is 5.39. The van der Waals surface area contributed by atoms with E-state index in [4.69, 9.17) is 0 Å². The van der Waals surface area contributed by atoms with Gasteiger partial charge in [0, 0.05) is 46.5 Å². The Labute approximate surface area is 236 Å². The topological polar surface area (TPSA) is 121 Å². The molecular formula is C29H32BrN3O5S. The van der Waals surface area contributed by atoms with Crippen LogP contribution >= 0.6 is 15.9 Å². The van der Waals surface area contributed by atoms with Gasteiger partial charge in [0.25, 0.3) is 0 Å². The van der Waals surface area contributed by atoms with Gasteiger partial charge in [0.1, 0.15) is 11.6 Å². The molecule has 0 spiro atoms. The van der Waals surface area contributed by atoms with Gasteiger partial charge in [-0.05, 0) is 72.5 Å². The molecule has 39 heavy (non-hydrogen) atoms. The van der Waals surface area contributed by atoms with E-state index in [0.29, 0.717) is 25.2 Å². The molecule has 0 radical (unpaired) electrons. The minimum absolute atomic E-state index is 0.0902. The van der Waals surface area contributed by atoms with Gasteiger partial charge in [-0.2, -0.15) is 0 Å². The highest BCUT2D eigenvalue weighted by Gasteiger charge is 2.17. The number of aromatic nitrogens is 1. The maximum Gasteiger partial charge on any atom is 0.352 e. The van der Waals surface area contributed by atoms with Crippen molar-refractivity contribution >= 4 is 48.3 Å². The Bertz CT molecular complexity index is 1590. The highest BCUT2D eigenvalue weighted by molar-refractivity contribution is 9.10. The van der Waals surface area contributed by atoms with Gasteiger partial charge in [-0.3, -0.25) is 0 Å². The van der Waals surface area contributed by atoms with Crippen molar-refractivity contribution in [3.05, 3.63) is 99.7 Å². The summed E-state index contributed by atoms with van der Waals surface area (Å²) in [5.74, 6) is -1.20. The number of halogens is 1. The first-order valence-electron chi connectivity index (χ1n) is 12.5. The van der Waals surface area contributed by atoms with Crippen LogP contribution in [-0.2, 0) is 22.8 Å². The summed E-state index contributed by atoms with van der Waals surface area (Å²) < 4.78 is 25.7. The normalized spacial score (nSPS) is 13.3. The molecule has 206 valence electrons. The minimum atomic E-state index is -3.18. The second-order valence-corrected chi connectivity index (χ2v) is 12.9. The van der Waals surface area contributed by atoms with Gasteiger partial charge in [-0.1, -0.05) is 46.3 Å². The fraction of sp³-hybridized carbons (Fsp3) is 0.276. The zero-order valence-electron chi connectivity index (χ0n) is 21.8. The molecule has 0 saturated heterocycles. The molecule has 1 heterocycles. The number of carboxylic acids is 1. The molecule has 2 atom stereocenters. The molecule has 0 aliphatic heterocycles. The summed E-state index contributed by atoms with van der Waals surface area (Å²) in [5, 5.41) is 27.5. The standard InChI is InChI=1S/C29H32BrN3O5S/c1-19(31-16-28(34)22-6-4-7-24(30)14-22)11-20-9-10-26-23(12-20)15-27(29(35)36)33(26)17-21-5-3-8-25(13-21)32-18-39(2,37)38/h3-10,12-15,19,28,31-32,34H,11,16-18H2,1-2H3,(H,35,36). The van der Waals surface area contributed by atoms with Crippen molar-refractivity contribution in [3.8, 4) is 0 Å². The molecule has 0 bridgehead atoms. The van der Waals surface area contributed by atoms with Crippen molar-refractivity contribution in [3.63, 3.8) is 0 Å². The number of benzene rings is 3. The van der Waals surface area contributed by atoms with E-state index < -0.39 is 21.9 Å². The average Bonchev–Trinajstić information content (AvgIpc) is 3.23. The molecule has 2 unspecified atom stereocenters. The Kier molecular flexibility index (Phi) is 9.12. The van der Waals surface area contributed by atoms with E-state index in [1.165, 1.54) is 0 Å². The Balaban J connectivity index is 1.47. The van der Waals surface area contributed by atoms with Crippen molar-refractivity contribution in [2.45, 2.75) is 32.0 Å². The molecule has 0 aliphatic carbocycles. The monoisotopic (exact) mass is 613 g/mol. The molecule has 4 rings (SSSR count). The summed E-state index contributed by atoms with van der Waals surface area (Å²) in [6, 6.07) is 22.6. The molecule has 0 aliphatic rings. The number of aliphatic hydroxyl groups excluding tert-OH is 1. The number of carboxylic acid groups (broad SMARTS) is 1. The van der Waals surface area contributed by atoms with E-state index in [9.17, 15) is 23.4 Å². The molecule has 1 aromatic heterocycles. The minimum Gasteiger partial charge on any atom is -0.477 e. The first kappa shape index (κ1) is 28.8. The summed E-state index contributed by atoms with van der Waals surface area (Å²) in [5.41, 5.74) is 4.38. The van der Waals surface area contributed by atoms with Crippen LogP contribution in [0, 0.1) is 0 Å². The van der Waals surface area contributed by atoms with Crippen LogP contribution in [0.2, 0.25) is 0 Å². The number of fused-ring (bicyclic) bond motifs is 1. The van der Waals surface area contributed by atoms with E-state index in [1.54, 1.807) is 16.7 Å². The lowest BCUT2D eigenvalue weighted by molar-refractivity contribution is 0.0686. The van der Waals surface area contributed by atoms with Gasteiger partial charge >= 0.3 is 5.97 Å². The summed E-state index contributed by atoms with van der Waals surface area (Å²) in [7, 11) is -3.18. The molecule has 4 aromatic rings. The number of anilines is 1. The van der Waals surface area contributed by atoms with Crippen molar-refractivity contribution in [2.24, 2.45) is 0 Å². The summed E-state index contributed by atoms with van der Waals surface area (Å²) in [4.78, 5) is 12.1. The Morgan fingerprint density at radius 3 is 2.51 bits per heavy atom. The predicted molar refractivity (Wildman–Crippen MR) is 158 cm³/mol. The Morgan fingerprint density at radius 2 is 1.79 bits per heavy atom. The van der Waals surface area contributed by atoms with E-state index >= 15 is 0 Å². The number of rotatable bonds is 12. The van der Waals surface area contributed by atoms with Crippen molar-refractivity contribution in [1.29, 1.82) is 0 Å². The second-order valence-electron chi connectivity index (χ2n) is 9.85. The summed E-state index contributed by atoms with van der Waals surface area (Å²) in [6.07, 6.45) is 1.25. The van der Waals surface area contributed by atoms with Crippen LogP contribution in [0.15, 0.2) is 77.3 Å². The van der Waals surface area contributed by atoms with Gasteiger partial charge in [0.05, 0.1) is 6.10 Å². The maximum atomic E-state index is 12.1. The Hall–Kier alpha value is -3.18. The second kappa shape index (κ2) is 12.3. The van der Waals surface area contributed by atoms with E-state index in [0.717, 1.165) is 38.3 Å². The number of aromatic carboxylic acids is 1. The molecule has 10 heteroatoms. The van der Waals surface area contributed by atoms with Gasteiger partial charge in [-0.25, -0.2) is 13.2 Å². The van der Waals surface area contributed by atoms with Crippen LogP contribution < -0.4 is 10.6 Å². The summed E-state index contributed by atoms with van der Waals surface area (Å²) >= 11 is 3.43. The first-order chi connectivity index (χ1) is 18.5. The van der Waals surface area contributed by atoms with Crippen LogP contribution in [0.3, 0.4) is 0 Å². The maximum absolute atomic E-state index is 12.1. The number of carbonyl (C=O) groups is 1. The van der Waals surface area contributed by atoms with Gasteiger partial charge in [0.15, 0.2) is 9.84 Å². The number of hydrogen-bond donors (Lipinski definition) is 4. The lowest BCUT2D eigenvalue weighted by atomic mass is 10.0. The summed E-state index contributed by atoms with van der Waals surface area (Å²) in [6.45, 7) is 2.79. The van der Waals surface area contributed by atoms with Crippen molar-refractivity contribution < 1.29 is 23.4 Å². The number of nitrogens with one attached hydrogen (secondary N) is 2. The molecule has 8 nitrogen and oxygen atoms in total. The van der Waals surface area contributed by atoms with E-state index in [2.05, 4.69) is 33.5 Å². The number of hydrogen-bond acceptors (Lipinski definition) is 6. The molecule has 0 fully saturated rings. The quantitative estimate of drug-likeness (QED) is 0.181. The third kappa shape index (κ3) is 7.92. The number of sulfone groups is 1. The van der Waals surface area contributed by atoms with Crippen LogP contribution in [-0.4, -0.2) is 53.9 Å². The van der Waals surface area contributed by atoms with E-state index in [1.807, 2.05) is 60.7 Å². The zero-order chi connectivity index (χ0) is 28.2. The van der Waals surface area contributed by atoms with Crippen LogP contribution in [0.5, 0.6) is 0 Å². The predicted octanol–water partition coefficient (Wildman–Crippen LogP) is 4.82. The van der Waals surface area contributed by atoms with Crippen LogP contribution in [0.25, 0.3) is 10.9 Å². The largest absolute Gasteiger partial charge is 0.477 e. The molecule has 4 N–H and O–H groups in total. The first-order valence-corrected chi connectivity index (χ1v) is 15.4. The van der Waals surface area contributed by atoms with E-state index in [-0.39, 0.29) is 17.6 Å². The SMILES string of the molecule is CC(Cc1ccc2c(c1)cc(C(=O)O)n2Cc1cccc(NCS(C)(=O)=O)c1)NCC(O)c1cccc(Br)c1. The zero-order valence-corrected chi connectivity index (χ0v) is 24.2. The third-order valence-electron chi connectivity index (χ3n) is 6.43. The third-order valence-corrected chi connectivity index (χ3v) is 7.59. The molecule has 0 saturated carbocycles. The average molecular weight is 615 g/mol. The van der Waals surface area contributed by atoms with Crippen molar-refractivity contribution in [2.75, 3.05) is 24.0 Å². The van der Waals surface area contributed by atoms with Gasteiger partial charge in [0.2, 0.25) is 0 Å². The Morgan fingerprint density at radius 1 is 1.03 bits per heavy atom. The van der Waals surface area contributed by atoms with Crippen molar-refractivity contribution in [1.82, 2.24) is 9.88 Å². The van der Waals surface area contributed by atoms with Gasteiger partial charge < -0.3 is 25.4 Å². The fourth-order valence-electron chi connectivity index (χ4n) is 4.54. The number of nitrogens with zero attached hydrogens (tertiary/aromatic N) is 1. The lowest BCUT2D eigenvalue weighted by Gasteiger charge is -2.18. The highest BCUT2D eigenvalue weighted by Crippen LogP contribution is 2.25. The smallest absolute Gasteiger partial charge is 0.352 e. The molecule has 3 aromatic carbocycles. The highest BCUT2D eigenvalue weighted by atomic mass is 79.9. The lowest BCUT2D eigenvalue weighted by Crippen LogP contribution is -2.32. The number of aliphatic hydroxyl groups is 1.